The zero-order valence-electron chi connectivity index (χ0n) is 22.1. The lowest BCUT2D eigenvalue weighted by Crippen LogP contribution is -2.61. The fourth-order valence-corrected chi connectivity index (χ4v) is 5.91. The zero-order chi connectivity index (χ0) is 28.9. The van der Waals surface area contributed by atoms with Crippen LogP contribution in [0.1, 0.15) is 42.9 Å². The Morgan fingerprint density at radius 2 is 1.57 bits per heavy atom. The van der Waals surface area contributed by atoms with Gasteiger partial charge in [-0.05, 0) is 41.3 Å². The predicted octanol–water partition coefficient (Wildman–Crippen LogP) is 4.37. The summed E-state index contributed by atoms with van der Waals surface area (Å²) in [5, 5.41) is 5.51. The fraction of sp³-hybridized carbons (Fsp3) is 0.321. The van der Waals surface area contributed by atoms with Crippen molar-refractivity contribution in [2.45, 2.75) is 43.7 Å². The molecule has 1 saturated heterocycles. The van der Waals surface area contributed by atoms with Gasteiger partial charge in [-0.25, -0.2) is 22.0 Å². The molecule has 3 aromatic rings. The Balaban J connectivity index is 1.55. The summed E-state index contributed by atoms with van der Waals surface area (Å²) >= 11 is 0. The van der Waals surface area contributed by atoms with Crippen LogP contribution in [0.3, 0.4) is 0 Å². The molecule has 0 radical (unpaired) electrons. The van der Waals surface area contributed by atoms with Gasteiger partial charge in [0.15, 0.2) is 0 Å². The van der Waals surface area contributed by atoms with Crippen LogP contribution in [0, 0.1) is 0 Å². The van der Waals surface area contributed by atoms with Crippen molar-refractivity contribution in [3.8, 4) is 0 Å². The maximum atomic E-state index is 13.6. The average Bonchev–Trinajstić information content (AvgIpc) is 2.96. The number of hydrogen-bond acceptors (Lipinski definition) is 5. The number of alkyl halides is 2. The highest BCUT2D eigenvalue weighted by atomic mass is 32.2. The maximum Gasteiger partial charge on any atom is 0.321 e. The number of carbonyl (C=O) groups is 2. The van der Waals surface area contributed by atoms with Gasteiger partial charge in [-0.2, -0.15) is 4.31 Å². The van der Waals surface area contributed by atoms with Crippen LogP contribution in [-0.2, 0) is 21.4 Å². The van der Waals surface area contributed by atoms with E-state index in [0.29, 0.717) is 11.6 Å². The van der Waals surface area contributed by atoms with Crippen molar-refractivity contribution >= 4 is 27.6 Å². The Morgan fingerprint density at radius 1 is 0.950 bits per heavy atom. The van der Waals surface area contributed by atoms with E-state index in [2.05, 4.69) is 29.5 Å². The summed E-state index contributed by atoms with van der Waals surface area (Å²) in [4.78, 5) is 31.4. The minimum atomic E-state index is -4.24. The summed E-state index contributed by atoms with van der Waals surface area (Å²) in [7, 11) is -4.24. The van der Waals surface area contributed by atoms with E-state index in [-0.39, 0.29) is 36.6 Å². The Labute approximate surface area is 232 Å². The molecule has 9 nitrogen and oxygen atoms in total. The third kappa shape index (κ3) is 6.80. The largest absolute Gasteiger partial charge is 0.351 e. The Morgan fingerprint density at radius 3 is 2.17 bits per heavy atom. The van der Waals surface area contributed by atoms with E-state index in [4.69, 9.17) is 0 Å². The number of rotatable bonds is 8. The Kier molecular flexibility index (Phi) is 9.10. The van der Waals surface area contributed by atoms with Crippen molar-refractivity contribution in [2.24, 2.45) is 0 Å². The topological polar surface area (TPSA) is 112 Å². The highest BCUT2D eigenvalue weighted by molar-refractivity contribution is 7.89. The molecule has 0 spiro atoms. The molecule has 2 N–H and O–H groups in total. The van der Waals surface area contributed by atoms with E-state index >= 15 is 0 Å². The van der Waals surface area contributed by atoms with Crippen molar-refractivity contribution in [1.82, 2.24) is 19.5 Å². The third-order valence-electron chi connectivity index (χ3n) is 6.70. The summed E-state index contributed by atoms with van der Waals surface area (Å²) < 4.78 is 54.2. The Bertz CT molecular complexity index is 1420. The Hall–Kier alpha value is -3.90. The number of amides is 3. The summed E-state index contributed by atoms with van der Waals surface area (Å²) in [5.74, 6) is -0.231. The van der Waals surface area contributed by atoms with Crippen LogP contribution in [-0.4, -0.2) is 60.2 Å². The number of benzene rings is 2. The van der Waals surface area contributed by atoms with Gasteiger partial charge < -0.3 is 15.5 Å². The van der Waals surface area contributed by atoms with Crippen molar-refractivity contribution in [3.05, 3.63) is 89.7 Å². The van der Waals surface area contributed by atoms with Crippen LogP contribution in [0.5, 0.6) is 0 Å². The second-order valence-corrected chi connectivity index (χ2v) is 11.6. The van der Waals surface area contributed by atoms with E-state index in [9.17, 15) is 26.8 Å². The molecule has 1 fully saturated rings. The molecule has 40 heavy (non-hydrogen) atoms. The first-order valence-corrected chi connectivity index (χ1v) is 14.2. The number of aromatic nitrogens is 1. The van der Waals surface area contributed by atoms with Gasteiger partial charge >= 0.3 is 6.03 Å². The first-order chi connectivity index (χ1) is 19.1. The van der Waals surface area contributed by atoms with Gasteiger partial charge in [-0.15, -0.1) is 0 Å². The minimum absolute atomic E-state index is 0.0196. The van der Waals surface area contributed by atoms with Gasteiger partial charge in [-0.1, -0.05) is 50.2 Å². The molecule has 2 heterocycles. The standard InChI is InChI=1S/C28H31F2N5O4S/c1-19(2)21-5-3-20(4-6-21)17-32-27(36)25-18-34(28(37)33-23-11-13-31-14-12-23)15-16-35(25)40(38,39)24-9-7-22(8-10-24)26(29)30/h3-14,19,25-26H,15-18H2,1-2H3,(H,32,36)(H,31,33,37)/t25-/m1/s1. The molecule has 12 heteroatoms. The van der Waals surface area contributed by atoms with Crippen molar-refractivity contribution < 1.29 is 26.8 Å². The van der Waals surface area contributed by atoms with Crippen LogP contribution in [0.15, 0.2) is 78.0 Å². The van der Waals surface area contributed by atoms with E-state index < -0.39 is 34.4 Å². The lowest BCUT2D eigenvalue weighted by molar-refractivity contribution is -0.126. The first-order valence-electron chi connectivity index (χ1n) is 12.8. The monoisotopic (exact) mass is 571 g/mol. The number of carbonyl (C=O) groups excluding carboxylic acids is 2. The van der Waals surface area contributed by atoms with Gasteiger partial charge in [0, 0.05) is 49.8 Å². The molecule has 3 amide bonds. The number of piperazine rings is 1. The number of sulfonamides is 1. The van der Waals surface area contributed by atoms with Gasteiger partial charge in [-0.3, -0.25) is 9.78 Å². The molecule has 0 aliphatic carbocycles. The van der Waals surface area contributed by atoms with Gasteiger partial charge in [0.1, 0.15) is 6.04 Å². The van der Waals surface area contributed by atoms with Crippen LogP contribution >= 0.6 is 0 Å². The minimum Gasteiger partial charge on any atom is -0.351 e. The molecule has 0 unspecified atom stereocenters. The maximum absolute atomic E-state index is 13.6. The molecule has 0 bridgehead atoms. The van der Waals surface area contributed by atoms with Crippen molar-refractivity contribution in [1.29, 1.82) is 0 Å². The average molecular weight is 572 g/mol. The van der Waals surface area contributed by atoms with E-state index in [0.717, 1.165) is 39.7 Å². The predicted molar refractivity (Wildman–Crippen MR) is 146 cm³/mol. The van der Waals surface area contributed by atoms with Gasteiger partial charge in [0.2, 0.25) is 15.9 Å². The number of nitrogens with zero attached hydrogens (tertiary/aromatic N) is 3. The number of halogens is 2. The quantitative estimate of drug-likeness (QED) is 0.417. The van der Waals surface area contributed by atoms with Crippen molar-refractivity contribution in [3.63, 3.8) is 0 Å². The molecule has 4 rings (SSSR count). The number of nitrogens with one attached hydrogen (secondary N) is 2. The second kappa shape index (κ2) is 12.5. The van der Waals surface area contributed by atoms with Crippen molar-refractivity contribution in [2.75, 3.05) is 25.0 Å². The molecule has 1 aliphatic heterocycles. The zero-order valence-corrected chi connectivity index (χ0v) is 22.9. The van der Waals surface area contributed by atoms with Crippen LogP contribution in [0.2, 0.25) is 0 Å². The highest BCUT2D eigenvalue weighted by Crippen LogP contribution is 2.25. The molecule has 212 valence electrons. The van der Waals surface area contributed by atoms with E-state index in [1.165, 1.54) is 17.3 Å². The number of pyridine rings is 1. The van der Waals surface area contributed by atoms with Gasteiger partial charge in [0.25, 0.3) is 6.43 Å². The summed E-state index contributed by atoms with van der Waals surface area (Å²) in [6.07, 6.45) is 0.291. The third-order valence-corrected chi connectivity index (χ3v) is 8.63. The number of anilines is 1. The molecular formula is C28H31F2N5O4S. The molecule has 1 atom stereocenters. The number of urea groups is 1. The summed E-state index contributed by atoms with van der Waals surface area (Å²) in [6, 6.07) is 13.5. The highest BCUT2D eigenvalue weighted by Gasteiger charge is 2.41. The first kappa shape index (κ1) is 29.1. The van der Waals surface area contributed by atoms with Crippen LogP contribution < -0.4 is 10.6 Å². The fourth-order valence-electron chi connectivity index (χ4n) is 4.34. The molecule has 2 aromatic carbocycles. The summed E-state index contributed by atoms with van der Waals surface area (Å²) in [5.41, 5.74) is 2.17. The number of hydrogen-bond donors (Lipinski definition) is 2. The van der Waals surface area contributed by atoms with E-state index in [1.54, 1.807) is 12.1 Å². The molecule has 0 saturated carbocycles. The SMILES string of the molecule is CC(C)c1ccc(CNC(=O)[C@H]2CN(C(=O)Nc3ccncc3)CCN2S(=O)(=O)c2ccc(C(F)F)cc2)cc1. The lowest BCUT2D eigenvalue weighted by Gasteiger charge is -2.39. The van der Waals surface area contributed by atoms with Crippen LogP contribution in [0.25, 0.3) is 0 Å². The van der Waals surface area contributed by atoms with E-state index in [1.807, 2.05) is 24.3 Å². The van der Waals surface area contributed by atoms with Crippen LogP contribution in [0.4, 0.5) is 19.3 Å². The molecule has 1 aliphatic rings. The summed E-state index contributed by atoms with van der Waals surface area (Å²) in [6.45, 7) is 3.96. The second-order valence-electron chi connectivity index (χ2n) is 9.73. The normalized spacial score (nSPS) is 16.2. The molecular weight excluding hydrogens is 540 g/mol. The van der Waals surface area contributed by atoms with Gasteiger partial charge in [0.05, 0.1) is 4.90 Å². The molecule has 1 aromatic heterocycles. The lowest BCUT2D eigenvalue weighted by atomic mass is 10.0. The smallest absolute Gasteiger partial charge is 0.321 e.